The number of carbonyl (C=O) groups is 2. The molecule has 0 fully saturated rings. The van der Waals surface area contributed by atoms with Crippen LogP contribution in [0.15, 0.2) is 48.5 Å². The van der Waals surface area contributed by atoms with Gasteiger partial charge in [-0.15, -0.1) is 0 Å². The van der Waals surface area contributed by atoms with Crippen LogP contribution in [-0.4, -0.2) is 29.8 Å². The Bertz CT molecular complexity index is 775. The quantitative estimate of drug-likeness (QED) is 0.594. The van der Waals surface area contributed by atoms with Crippen molar-refractivity contribution in [2.45, 2.75) is 13.3 Å². The lowest BCUT2D eigenvalue weighted by Crippen LogP contribution is -2.37. The van der Waals surface area contributed by atoms with Gasteiger partial charge in [0.2, 0.25) is 5.91 Å². The number of amides is 2. The first-order chi connectivity index (χ1) is 12.0. The van der Waals surface area contributed by atoms with Crippen molar-refractivity contribution in [3.63, 3.8) is 0 Å². The summed E-state index contributed by atoms with van der Waals surface area (Å²) in [5, 5.41) is 16.1. The molecule has 25 heavy (non-hydrogen) atoms. The first-order valence-electron chi connectivity index (χ1n) is 7.81. The van der Waals surface area contributed by atoms with Crippen LogP contribution in [-0.2, 0) is 11.2 Å². The van der Waals surface area contributed by atoms with Gasteiger partial charge in [-0.25, -0.2) is 0 Å². The summed E-state index contributed by atoms with van der Waals surface area (Å²) < 4.78 is 0. The second-order valence-corrected chi connectivity index (χ2v) is 5.53. The molecule has 130 valence electrons. The minimum absolute atomic E-state index is 0.125. The number of nitro groups is 1. The van der Waals surface area contributed by atoms with E-state index in [1.807, 2.05) is 30.3 Å². The number of carbonyl (C=O) groups excluding carboxylic acids is 2. The normalized spacial score (nSPS) is 10.1. The molecule has 2 N–H and O–H groups in total. The molecular formula is C18H19N3O4. The smallest absolute Gasteiger partial charge is 0.273 e. The molecule has 0 saturated carbocycles. The maximum Gasteiger partial charge on any atom is 0.273 e. The Morgan fingerprint density at radius 3 is 2.48 bits per heavy atom. The highest BCUT2D eigenvalue weighted by molar-refractivity contribution is 5.97. The molecule has 0 aliphatic carbocycles. The molecule has 0 aliphatic heterocycles. The van der Waals surface area contributed by atoms with E-state index < -0.39 is 10.8 Å². The number of nitrogens with one attached hydrogen (secondary N) is 2. The number of benzene rings is 2. The number of aryl methyl sites for hydroxylation is 1. The summed E-state index contributed by atoms with van der Waals surface area (Å²) >= 11 is 0. The first-order valence-corrected chi connectivity index (χ1v) is 7.81. The van der Waals surface area contributed by atoms with Crippen molar-refractivity contribution in [3.8, 4) is 0 Å². The monoisotopic (exact) mass is 341 g/mol. The minimum Gasteiger partial charge on any atom is -0.354 e. The van der Waals surface area contributed by atoms with E-state index in [2.05, 4.69) is 10.6 Å². The fourth-order valence-corrected chi connectivity index (χ4v) is 2.26. The number of nitrogens with zero attached hydrogens (tertiary/aromatic N) is 1. The van der Waals surface area contributed by atoms with Crippen molar-refractivity contribution >= 4 is 17.5 Å². The van der Waals surface area contributed by atoms with Crippen molar-refractivity contribution in [3.05, 3.63) is 75.3 Å². The van der Waals surface area contributed by atoms with E-state index in [1.54, 1.807) is 6.92 Å². The van der Waals surface area contributed by atoms with Crippen LogP contribution in [0.5, 0.6) is 0 Å². The molecule has 0 spiro atoms. The number of nitro benzene ring substituents is 1. The summed E-state index contributed by atoms with van der Waals surface area (Å²) in [6, 6.07) is 13.9. The predicted molar refractivity (Wildman–Crippen MR) is 93.3 cm³/mol. The number of hydrogen-bond donors (Lipinski definition) is 2. The van der Waals surface area contributed by atoms with Crippen LogP contribution in [0.2, 0.25) is 0 Å². The standard InChI is InChI=1S/C18H19N3O4/c1-13-7-8-15(11-16(13)21(24)25)18(23)20-12-17(22)19-10-9-14-5-3-2-4-6-14/h2-8,11H,9-10,12H2,1H3,(H,19,22)(H,20,23). The summed E-state index contributed by atoms with van der Waals surface area (Å²) in [7, 11) is 0. The SMILES string of the molecule is Cc1ccc(C(=O)NCC(=O)NCCc2ccccc2)cc1[N+](=O)[O-]. The molecule has 0 aliphatic rings. The average Bonchev–Trinajstić information content (AvgIpc) is 2.60. The van der Waals surface area contributed by atoms with Gasteiger partial charge in [0.25, 0.3) is 11.6 Å². The first kappa shape index (κ1) is 18.1. The van der Waals surface area contributed by atoms with Gasteiger partial charge in [-0.2, -0.15) is 0 Å². The summed E-state index contributed by atoms with van der Waals surface area (Å²) in [5.41, 5.74) is 1.60. The van der Waals surface area contributed by atoms with Crippen molar-refractivity contribution < 1.29 is 14.5 Å². The lowest BCUT2D eigenvalue weighted by Gasteiger charge is -2.07. The van der Waals surface area contributed by atoms with Gasteiger partial charge in [-0.1, -0.05) is 36.4 Å². The molecule has 0 bridgehead atoms. The molecule has 0 atom stereocenters. The largest absolute Gasteiger partial charge is 0.354 e. The van der Waals surface area contributed by atoms with Gasteiger partial charge < -0.3 is 10.6 Å². The molecule has 2 aromatic carbocycles. The van der Waals surface area contributed by atoms with E-state index in [-0.39, 0.29) is 23.7 Å². The van der Waals surface area contributed by atoms with E-state index in [1.165, 1.54) is 18.2 Å². The highest BCUT2D eigenvalue weighted by Crippen LogP contribution is 2.19. The molecule has 0 saturated heterocycles. The van der Waals surface area contributed by atoms with Gasteiger partial charge in [0.05, 0.1) is 11.5 Å². The Balaban J connectivity index is 1.80. The maximum absolute atomic E-state index is 12.0. The van der Waals surface area contributed by atoms with E-state index in [9.17, 15) is 19.7 Å². The van der Waals surface area contributed by atoms with E-state index in [0.717, 1.165) is 5.56 Å². The molecule has 2 rings (SSSR count). The predicted octanol–water partition coefficient (Wildman–Crippen LogP) is 1.99. The Kier molecular flexibility index (Phi) is 6.22. The molecule has 2 aromatic rings. The Hall–Kier alpha value is -3.22. The minimum atomic E-state index is -0.539. The molecular weight excluding hydrogens is 322 g/mol. The zero-order chi connectivity index (χ0) is 18.2. The molecule has 0 unspecified atom stereocenters. The summed E-state index contributed by atoms with van der Waals surface area (Å²) in [4.78, 5) is 34.1. The lowest BCUT2D eigenvalue weighted by molar-refractivity contribution is -0.385. The maximum atomic E-state index is 12.0. The zero-order valence-electron chi connectivity index (χ0n) is 13.8. The zero-order valence-corrected chi connectivity index (χ0v) is 13.8. The van der Waals surface area contributed by atoms with Crippen molar-refractivity contribution in [2.24, 2.45) is 0 Å². The Morgan fingerprint density at radius 2 is 1.80 bits per heavy atom. The molecule has 7 nitrogen and oxygen atoms in total. The Morgan fingerprint density at radius 1 is 1.08 bits per heavy atom. The molecule has 0 aromatic heterocycles. The van der Waals surface area contributed by atoms with Gasteiger partial charge in [-0.05, 0) is 25.0 Å². The highest BCUT2D eigenvalue weighted by Gasteiger charge is 2.15. The second-order valence-electron chi connectivity index (χ2n) is 5.53. The van der Waals surface area contributed by atoms with Gasteiger partial charge in [-0.3, -0.25) is 19.7 Å². The lowest BCUT2D eigenvalue weighted by atomic mass is 10.1. The summed E-state index contributed by atoms with van der Waals surface area (Å²) in [6.07, 6.45) is 0.699. The number of hydrogen-bond acceptors (Lipinski definition) is 4. The van der Waals surface area contributed by atoms with Crippen LogP contribution in [0, 0.1) is 17.0 Å². The van der Waals surface area contributed by atoms with E-state index in [4.69, 9.17) is 0 Å². The molecule has 7 heteroatoms. The topological polar surface area (TPSA) is 101 Å². The summed E-state index contributed by atoms with van der Waals surface area (Å²) in [5.74, 6) is -0.841. The van der Waals surface area contributed by atoms with Gasteiger partial charge >= 0.3 is 0 Å². The van der Waals surface area contributed by atoms with Gasteiger partial charge in [0.1, 0.15) is 0 Å². The van der Waals surface area contributed by atoms with Crippen LogP contribution < -0.4 is 10.6 Å². The second kappa shape index (κ2) is 8.58. The van der Waals surface area contributed by atoms with Gasteiger partial charge in [0, 0.05) is 23.7 Å². The average molecular weight is 341 g/mol. The van der Waals surface area contributed by atoms with Crippen LogP contribution in [0.1, 0.15) is 21.5 Å². The highest BCUT2D eigenvalue weighted by atomic mass is 16.6. The third kappa shape index (κ3) is 5.42. The van der Waals surface area contributed by atoms with Crippen LogP contribution in [0.3, 0.4) is 0 Å². The third-order valence-electron chi connectivity index (χ3n) is 3.66. The van der Waals surface area contributed by atoms with Crippen LogP contribution in [0.25, 0.3) is 0 Å². The van der Waals surface area contributed by atoms with Crippen LogP contribution >= 0.6 is 0 Å². The van der Waals surface area contributed by atoms with Crippen molar-refractivity contribution in [2.75, 3.05) is 13.1 Å². The van der Waals surface area contributed by atoms with Crippen LogP contribution in [0.4, 0.5) is 5.69 Å². The third-order valence-corrected chi connectivity index (χ3v) is 3.66. The van der Waals surface area contributed by atoms with Crippen molar-refractivity contribution in [1.82, 2.24) is 10.6 Å². The fourth-order valence-electron chi connectivity index (χ4n) is 2.26. The van der Waals surface area contributed by atoms with E-state index in [0.29, 0.717) is 18.5 Å². The Labute approximate surface area is 145 Å². The van der Waals surface area contributed by atoms with Gasteiger partial charge in [0.15, 0.2) is 0 Å². The molecule has 0 heterocycles. The summed E-state index contributed by atoms with van der Waals surface area (Å²) in [6.45, 7) is 1.88. The fraction of sp³-hybridized carbons (Fsp3) is 0.222. The van der Waals surface area contributed by atoms with Crippen molar-refractivity contribution in [1.29, 1.82) is 0 Å². The number of rotatable bonds is 7. The molecule has 0 radical (unpaired) electrons. The van der Waals surface area contributed by atoms with E-state index >= 15 is 0 Å². The molecule has 2 amide bonds.